The predicted molar refractivity (Wildman–Crippen MR) is 102 cm³/mol. The molecule has 0 amide bonds. The number of rotatable bonds is 3. The smallest absolute Gasteiger partial charge is 0.155 e. The van der Waals surface area contributed by atoms with Gasteiger partial charge >= 0.3 is 0 Å². The molecule has 2 aromatic heterocycles. The van der Waals surface area contributed by atoms with Crippen LogP contribution in [0.3, 0.4) is 0 Å². The topological polar surface area (TPSA) is 34.3 Å². The molecular formula is C21H22N4. The van der Waals surface area contributed by atoms with Gasteiger partial charge in [0.15, 0.2) is 5.65 Å². The number of nitrogens with zero attached hydrogens (tertiary/aromatic N) is 3. The summed E-state index contributed by atoms with van der Waals surface area (Å²) < 4.78 is 2.12. The van der Waals surface area contributed by atoms with Crippen molar-refractivity contribution in [3.8, 4) is 11.3 Å². The van der Waals surface area contributed by atoms with Gasteiger partial charge < -0.3 is 5.43 Å². The van der Waals surface area contributed by atoms with Crippen molar-refractivity contribution >= 4 is 16.4 Å². The molecule has 126 valence electrons. The predicted octanol–water partition coefficient (Wildman–Crippen LogP) is 4.83. The summed E-state index contributed by atoms with van der Waals surface area (Å²) in [6, 6.07) is 17.5. The molecule has 0 saturated heterocycles. The maximum absolute atomic E-state index is 4.85. The monoisotopic (exact) mass is 330 g/mol. The summed E-state index contributed by atoms with van der Waals surface area (Å²) >= 11 is 0. The Kier molecular flexibility index (Phi) is 3.47. The van der Waals surface area contributed by atoms with Crippen LogP contribution in [-0.4, -0.2) is 20.3 Å². The lowest BCUT2D eigenvalue weighted by Crippen LogP contribution is -2.31. The number of aromatic nitrogens is 3. The molecule has 0 aliphatic heterocycles. The summed E-state index contributed by atoms with van der Waals surface area (Å²) in [5, 5.41) is 2.50. The number of nitrogens with one attached hydrogen (secondary N) is 1. The van der Waals surface area contributed by atoms with Crippen LogP contribution in [-0.2, 0) is 0 Å². The zero-order chi connectivity index (χ0) is 16.6. The largest absolute Gasteiger partial charge is 0.308 e. The molecule has 4 heteroatoms. The molecule has 2 aromatic carbocycles. The first kappa shape index (κ1) is 14.6. The van der Waals surface area contributed by atoms with Crippen molar-refractivity contribution in [1.82, 2.24) is 14.3 Å². The Morgan fingerprint density at radius 1 is 0.920 bits per heavy atom. The Morgan fingerprint density at radius 2 is 1.76 bits per heavy atom. The Hall–Kier alpha value is -2.75. The van der Waals surface area contributed by atoms with Gasteiger partial charge in [-0.25, -0.2) is 14.3 Å². The van der Waals surface area contributed by atoms with Crippen LogP contribution in [0.4, 0.5) is 0 Å². The van der Waals surface area contributed by atoms with Gasteiger partial charge in [0, 0.05) is 23.9 Å². The average Bonchev–Trinajstić information content (AvgIpc) is 3.24. The van der Waals surface area contributed by atoms with E-state index in [4.69, 9.17) is 4.98 Å². The Balaban J connectivity index is 1.54. The number of fused-ring (bicyclic) bond motifs is 2. The van der Waals surface area contributed by atoms with Crippen LogP contribution >= 0.6 is 0 Å². The summed E-state index contributed by atoms with van der Waals surface area (Å²) in [6.45, 7) is 0. The molecule has 4 aromatic rings. The molecule has 1 fully saturated rings. The van der Waals surface area contributed by atoms with E-state index >= 15 is 0 Å². The molecule has 1 aliphatic carbocycles. The molecule has 0 bridgehead atoms. The molecule has 1 N–H and O–H groups in total. The number of hydrogen-bond donors (Lipinski definition) is 1. The Morgan fingerprint density at radius 3 is 2.68 bits per heavy atom. The second-order valence-corrected chi connectivity index (χ2v) is 6.98. The van der Waals surface area contributed by atoms with Gasteiger partial charge in [-0.15, -0.1) is 0 Å². The quantitative estimate of drug-likeness (QED) is 0.584. The lowest BCUT2D eigenvalue weighted by atomic mass is 9.96. The van der Waals surface area contributed by atoms with Gasteiger partial charge in [0.05, 0.1) is 11.9 Å². The maximum Gasteiger partial charge on any atom is 0.155 e. The minimum atomic E-state index is 0.563. The summed E-state index contributed by atoms with van der Waals surface area (Å²) in [5.74, 6) is 0. The van der Waals surface area contributed by atoms with E-state index in [1.807, 2.05) is 0 Å². The van der Waals surface area contributed by atoms with Crippen molar-refractivity contribution in [3.63, 3.8) is 0 Å². The standard InChI is InChI=1S/C21H22N4/c1-2-9-17(10-3-1)23-25-14-13-21-22-20(15-24(21)25)19-12-6-8-16-7-4-5-11-18(16)19/h4-8,11-15,17,23H,1-3,9-10H2. The molecular weight excluding hydrogens is 308 g/mol. The van der Waals surface area contributed by atoms with Crippen LogP contribution in [0.25, 0.3) is 27.7 Å². The van der Waals surface area contributed by atoms with Crippen LogP contribution in [0, 0.1) is 0 Å². The van der Waals surface area contributed by atoms with Gasteiger partial charge in [-0.05, 0) is 23.6 Å². The van der Waals surface area contributed by atoms with Crippen LogP contribution in [0.5, 0.6) is 0 Å². The molecule has 0 spiro atoms. The van der Waals surface area contributed by atoms with E-state index in [0.717, 1.165) is 11.3 Å². The highest BCUT2D eigenvalue weighted by atomic mass is 15.6. The highest BCUT2D eigenvalue weighted by Crippen LogP contribution is 2.28. The van der Waals surface area contributed by atoms with Crippen molar-refractivity contribution in [2.45, 2.75) is 38.1 Å². The molecule has 1 aliphatic rings. The van der Waals surface area contributed by atoms with Crippen LogP contribution in [0.1, 0.15) is 32.1 Å². The second kappa shape index (κ2) is 5.96. The molecule has 0 unspecified atom stereocenters. The fourth-order valence-corrected chi connectivity index (χ4v) is 3.98. The summed E-state index contributed by atoms with van der Waals surface area (Å²) in [6.07, 6.45) is 10.7. The molecule has 25 heavy (non-hydrogen) atoms. The maximum atomic E-state index is 4.85. The van der Waals surface area contributed by atoms with Crippen molar-refractivity contribution in [2.75, 3.05) is 5.43 Å². The van der Waals surface area contributed by atoms with E-state index < -0.39 is 0 Å². The van der Waals surface area contributed by atoms with Gasteiger partial charge in [-0.1, -0.05) is 61.7 Å². The Labute approximate surface area is 147 Å². The van der Waals surface area contributed by atoms with Crippen molar-refractivity contribution in [2.24, 2.45) is 0 Å². The molecule has 0 radical (unpaired) electrons. The lowest BCUT2D eigenvalue weighted by molar-refractivity contribution is 0.426. The first-order valence-corrected chi connectivity index (χ1v) is 9.20. The van der Waals surface area contributed by atoms with E-state index in [1.165, 1.54) is 48.4 Å². The van der Waals surface area contributed by atoms with Gasteiger partial charge in [0.25, 0.3) is 0 Å². The summed E-state index contributed by atoms with van der Waals surface area (Å²) in [7, 11) is 0. The first-order chi connectivity index (χ1) is 12.4. The van der Waals surface area contributed by atoms with E-state index in [9.17, 15) is 0 Å². The van der Waals surface area contributed by atoms with Gasteiger partial charge in [-0.3, -0.25) is 0 Å². The van der Waals surface area contributed by atoms with Crippen molar-refractivity contribution in [1.29, 1.82) is 0 Å². The highest BCUT2D eigenvalue weighted by molar-refractivity contribution is 5.95. The van der Waals surface area contributed by atoms with E-state index in [1.54, 1.807) is 0 Å². The van der Waals surface area contributed by atoms with Crippen molar-refractivity contribution in [3.05, 3.63) is 60.9 Å². The molecule has 2 heterocycles. The minimum absolute atomic E-state index is 0.563. The molecule has 1 saturated carbocycles. The normalized spacial score (nSPS) is 15.8. The SMILES string of the molecule is c1ccc2c(-c3cn4c(ccn4NC4CCCCC4)n3)cccc2c1. The van der Waals surface area contributed by atoms with E-state index in [2.05, 4.69) is 75.7 Å². The van der Waals surface area contributed by atoms with E-state index in [0.29, 0.717) is 6.04 Å². The summed E-state index contributed by atoms with van der Waals surface area (Å²) in [5.41, 5.74) is 6.83. The fraction of sp³-hybridized carbons (Fsp3) is 0.286. The third kappa shape index (κ3) is 2.58. The fourth-order valence-electron chi connectivity index (χ4n) is 3.98. The van der Waals surface area contributed by atoms with Crippen molar-refractivity contribution < 1.29 is 0 Å². The zero-order valence-corrected chi connectivity index (χ0v) is 14.2. The molecule has 0 atom stereocenters. The third-order valence-electron chi connectivity index (χ3n) is 5.30. The number of imidazole rings is 1. The van der Waals surface area contributed by atoms with Gasteiger partial charge in [0.1, 0.15) is 0 Å². The molecule has 4 nitrogen and oxygen atoms in total. The Bertz CT molecular complexity index is 1020. The van der Waals surface area contributed by atoms with Crippen LogP contribution < -0.4 is 5.43 Å². The first-order valence-electron chi connectivity index (χ1n) is 9.20. The number of benzene rings is 2. The third-order valence-corrected chi connectivity index (χ3v) is 5.30. The highest BCUT2D eigenvalue weighted by Gasteiger charge is 2.15. The van der Waals surface area contributed by atoms with E-state index in [-0.39, 0.29) is 0 Å². The zero-order valence-electron chi connectivity index (χ0n) is 14.2. The van der Waals surface area contributed by atoms with Crippen LogP contribution in [0.15, 0.2) is 60.9 Å². The van der Waals surface area contributed by atoms with Crippen LogP contribution in [0.2, 0.25) is 0 Å². The second-order valence-electron chi connectivity index (χ2n) is 6.98. The van der Waals surface area contributed by atoms with Gasteiger partial charge in [0.2, 0.25) is 0 Å². The summed E-state index contributed by atoms with van der Waals surface area (Å²) in [4.78, 5) is 6.94. The molecule has 5 rings (SSSR count). The van der Waals surface area contributed by atoms with Gasteiger partial charge in [-0.2, -0.15) is 0 Å². The average molecular weight is 330 g/mol. The lowest BCUT2D eigenvalue weighted by Gasteiger charge is -2.24. The number of hydrogen-bond acceptors (Lipinski definition) is 2. The minimum Gasteiger partial charge on any atom is -0.308 e.